The van der Waals surface area contributed by atoms with Gasteiger partial charge in [-0.25, -0.2) is 4.98 Å². The number of aryl methyl sites for hydroxylation is 1. The average molecular weight is 448 g/mol. The van der Waals surface area contributed by atoms with Crippen LogP contribution in [-0.4, -0.2) is 34.6 Å². The Hall–Kier alpha value is -2.92. The lowest BCUT2D eigenvalue weighted by Gasteiger charge is -2.59. The summed E-state index contributed by atoms with van der Waals surface area (Å²) in [6, 6.07) is 2.60. The first-order valence-corrected chi connectivity index (χ1v) is 11.9. The molecule has 3 unspecified atom stereocenters. The normalized spacial score (nSPS) is 29.5. The lowest BCUT2D eigenvalue weighted by atomic mass is 9.48. The molecule has 0 amide bonds. The van der Waals surface area contributed by atoms with Crippen molar-refractivity contribution >= 4 is 11.8 Å². The van der Waals surface area contributed by atoms with E-state index in [1.807, 2.05) is 20.0 Å². The molecule has 0 aliphatic heterocycles. The molecule has 4 N–H and O–H groups in total. The van der Waals surface area contributed by atoms with Gasteiger partial charge in [-0.3, -0.25) is 4.98 Å². The number of nitriles is 1. The number of anilines is 2. The lowest BCUT2D eigenvalue weighted by molar-refractivity contribution is -0.0591. The number of ether oxygens (including phenoxy) is 1. The number of methoxy groups -OCH3 is 1. The summed E-state index contributed by atoms with van der Waals surface area (Å²) in [5, 5.41) is 16.4. The van der Waals surface area contributed by atoms with E-state index in [9.17, 15) is 5.26 Å². The highest BCUT2D eigenvalue weighted by Gasteiger charge is 2.54. The fraction of sp³-hybridized carbons (Fsp3) is 0.600. The summed E-state index contributed by atoms with van der Waals surface area (Å²) in [6.07, 6.45) is 9.62. The van der Waals surface area contributed by atoms with Crippen molar-refractivity contribution in [3.05, 3.63) is 34.8 Å². The predicted molar refractivity (Wildman–Crippen MR) is 127 cm³/mol. The number of hydrogen-bond donors (Lipinski definition) is 3. The summed E-state index contributed by atoms with van der Waals surface area (Å²) in [5.74, 6) is 4.03. The van der Waals surface area contributed by atoms with Gasteiger partial charge in [-0.05, 0) is 69.1 Å². The van der Waals surface area contributed by atoms with Gasteiger partial charge >= 0.3 is 0 Å². The Morgan fingerprint density at radius 3 is 2.61 bits per heavy atom. The molecule has 0 saturated heterocycles. The largest absolute Gasteiger partial charge is 0.496 e. The average Bonchev–Trinajstić information content (AvgIpc) is 2.80. The van der Waals surface area contributed by atoms with E-state index >= 15 is 0 Å². The van der Waals surface area contributed by atoms with Crippen LogP contribution in [0.3, 0.4) is 0 Å². The zero-order valence-electron chi connectivity index (χ0n) is 19.7. The van der Waals surface area contributed by atoms with Gasteiger partial charge in [0.2, 0.25) is 5.95 Å². The monoisotopic (exact) mass is 447 g/mol. The molecule has 4 aliphatic rings. The van der Waals surface area contributed by atoms with Crippen LogP contribution in [0, 0.1) is 48.3 Å². The van der Waals surface area contributed by atoms with Crippen LogP contribution in [0.1, 0.15) is 54.5 Å². The fourth-order valence-corrected chi connectivity index (χ4v) is 6.82. The summed E-state index contributed by atoms with van der Waals surface area (Å²) < 4.78 is 5.50. The van der Waals surface area contributed by atoms with Gasteiger partial charge < -0.3 is 21.1 Å². The van der Waals surface area contributed by atoms with Crippen LogP contribution in [0.2, 0.25) is 0 Å². The molecular formula is C25H33N7O. The number of hydrogen-bond acceptors (Lipinski definition) is 8. The molecule has 2 aromatic rings. The fourth-order valence-electron chi connectivity index (χ4n) is 6.82. The Morgan fingerprint density at radius 1 is 1.15 bits per heavy atom. The van der Waals surface area contributed by atoms with E-state index in [-0.39, 0.29) is 5.41 Å². The summed E-state index contributed by atoms with van der Waals surface area (Å²) in [4.78, 5) is 13.5. The highest BCUT2D eigenvalue weighted by atomic mass is 16.5. The van der Waals surface area contributed by atoms with Gasteiger partial charge in [-0.1, -0.05) is 0 Å². The lowest BCUT2D eigenvalue weighted by Crippen LogP contribution is -2.58. The zero-order valence-corrected chi connectivity index (χ0v) is 19.7. The molecule has 4 saturated carbocycles. The Bertz CT molecular complexity index is 1080. The van der Waals surface area contributed by atoms with Crippen molar-refractivity contribution in [3.8, 4) is 11.8 Å². The topological polar surface area (TPSA) is 122 Å². The molecule has 6 rings (SSSR count). The molecule has 4 bridgehead atoms. The Kier molecular flexibility index (Phi) is 5.61. The van der Waals surface area contributed by atoms with E-state index < -0.39 is 0 Å². The predicted octanol–water partition coefficient (Wildman–Crippen LogP) is 3.55. The van der Waals surface area contributed by atoms with E-state index in [4.69, 9.17) is 10.5 Å². The molecule has 33 heavy (non-hydrogen) atoms. The summed E-state index contributed by atoms with van der Waals surface area (Å²) >= 11 is 0. The third-order valence-electron chi connectivity index (χ3n) is 8.18. The van der Waals surface area contributed by atoms with E-state index in [1.165, 1.54) is 32.1 Å². The van der Waals surface area contributed by atoms with E-state index in [0.29, 0.717) is 41.8 Å². The van der Waals surface area contributed by atoms with E-state index in [1.54, 1.807) is 13.3 Å². The van der Waals surface area contributed by atoms with Gasteiger partial charge in [0, 0.05) is 29.9 Å². The smallest absolute Gasteiger partial charge is 0.225 e. The minimum Gasteiger partial charge on any atom is -0.496 e. The van der Waals surface area contributed by atoms with Gasteiger partial charge in [0.1, 0.15) is 23.2 Å². The molecular weight excluding hydrogens is 414 g/mol. The van der Waals surface area contributed by atoms with Crippen LogP contribution < -0.4 is 21.1 Å². The standard InChI is InChI=1S/C25H33N7O/c1-14-10-28-20(15(2)22(14)33-3)12-30-24-29-11-19(9-26)23(32-24)31-13-25-6-16-4-17(7-25)21(27)18(5-16)8-25/h10-11,16-18,21H,4-8,12-13,27H2,1-3H3,(H2,29,30,31,32)/t16?,17-,18+,21?,25?. The van der Waals surface area contributed by atoms with Crippen LogP contribution >= 0.6 is 0 Å². The Morgan fingerprint density at radius 2 is 1.91 bits per heavy atom. The second-order valence-corrected chi connectivity index (χ2v) is 10.4. The number of nitrogens with two attached hydrogens (primary N) is 1. The molecule has 4 fully saturated rings. The second kappa shape index (κ2) is 8.45. The number of pyridine rings is 1. The van der Waals surface area contributed by atoms with Crippen molar-refractivity contribution in [3.63, 3.8) is 0 Å². The van der Waals surface area contributed by atoms with Gasteiger partial charge in [0.15, 0.2) is 0 Å². The second-order valence-electron chi connectivity index (χ2n) is 10.4. The molecule has 4 aliphatic carbocycles. The van der Waals surface area contributed by atoms with Crippen LogP contribution in [-0.2, 0) is 6.54 Å². The van der Waals surface area contributed by atoms with Crippen LogP contribution in [0.25, 0.3) is 0 Å². The highest BCUT2D eigenvalue weighted by molar-refractivity contribution is 5.53. The SMILES string of the molecule is COc1c(C)cnc(CNc2ncc(C#N)c(NCC34CC5C[C@H](C3)C(N)[C@@H](C5)C4)n2)c1C. The maximum absolute atomic E-state index is 9.60. The van der Waals surface area contributed by atoms with Gasteiger partial charge in [-0.2, -0.15) is 10.2 Å². The maximum atomic E-state index is 9.60. The zero-order chi connectivity index (χ0) is 23.2. The minimum atomic E-state index is 0.275. The Labute approximate surface area is 195 Å². The Balaban J connectivity index is 1.29. The van der Waals surface area contributed by atoms with Gasteiger partial charge in [0.25, 0.3) is 0 Å². The van der Waals surface area contributed by atoms with Crippen molar-refractivity contribution in [2.45, 2.75) is 58.5 Å². The first kappa shape index (κ1) is 21.9. The minimum absolute atomic E-state index is 0.275. The van der Waals surface area contributed by atoms with Crippen molar-refractivity contribution < 1.29 is 4.74 Å². The summed E-state index contributed by atoms with van der Waals surface area (Å²) in [5.41, 5.74) is 10.1. The number of nitrogens with zero attached hydrogens (tertiary/aromatic N) is 4. The number of aromatic nitrogens is 3. The van der Waals surface area contributed by atoms with Gasteiger partial charge in [0.05, 0.1) is 25.5 Å². The molecule has 5 atom stereocenters. The quantitative estimate of drug-likeness (QED) is 0.589. The third kappa shape index (κ3) is 3.99. The van der Waals surface area contributed by atoms with E-state index in [0.717, 1.165) is 35.0 Å². The van der Waals surface area contributed by atoms with Crippen molar-refractivity contribution in [1.29, 1.82) is 5.26 Å². The molecule has 0 spiro atoms. The molecule has 2 heterocycles. The molecule has 0 aromatic carbocycles. The maximum Gasteiger partial charge on any atom is 0.225 e. The van der Waals surface area contributed by atoms with Crippen molar-refractivity contribution in [2.75, 3.05) is 24.3 Å². The van der Waals surface area contributed by atoms with Crippen LogP contribution in [0.15, 0.2) is 12.4 Å². The molecule has 174 valence electrons. The summed E-state index contributed by atoms with van der Waals surface area (Å²) in [6.45, 7) is 5.29. The van der Waals surface area contributed by atoms with Crippen LogP contribution in [0.5, 0.6) is 5.75 Å². The van der Waals surface area contributed by atoms with Crippen molar-refractivity contribution in [1.82, 2.24) is 15.0 Å². The van der Waals surface area contributed by atoms with Gasteiger partial charge in [-0.15, -0.1) is 0 Å². The first-order valence-electron chi connectivity index (χ1n) is 11.9. The molecule has 8 nitrogen and oxygen atoms in total. The summed E-state index contributed by atoms with van der Waals surface area (Å²) in [7, 11) is 1.67. The van der Waals surface area contributed by atoms with E-state index in [2.05, 4.69) is 31.7 Å². The third-order valence-corrected chi connectivity index (χ3v) is 8.18. The molecule has 0 radical (unpaired) electrons. The number of nitrogens with one attached hydrogen (secondary N) is 2. The van der Waals surface area contributed by atoms with Crippen molar-refractivity contribution in [2.24, 2.45) is 28.9 Å². The molecule has 2 aromatic heterocycles. The highest BCUT2D eigenvalue weighted by Crippen LogP contribution is 2.59. The number of rotatable bonds is 7. The van der Waals surface area contributed by atoms with Crippen LogP contribution in [0.4, 0.5) is 11.8 Å². The first-order chi connectivity index (χ1) is 15.9. The molecule has 8 heteroatoms.